The summed E-state index contributed by atoms with van der Waals surface area (Å²) >= 11 is 1.54. The summed E-state index contributed by atoms with van der Waals surface area (Å²) in [5.74, 6) is -0.0689. The number of rotatable bonds is 5. The number of hydrazone groups is 1. The molecule has 1 fully saturated rings. The number of amides is 4. The van der Waals surface area contributed by atoms with E-state index in [9.17, 15) is 14.4 Å². The molecule has 2 aliphatic heterocycles. The van der Waals surface area contributed by atoms with Crippen molar-refractivity contribution in [2.45, 2.75) is 12.5 Å². The first-order chi connectivity index (χ1) is 13.6. The number of hydrogen-bond acceptors (Lipinski definition) is 6. The summed E-state index contributed by atoms with van der Waals surface area (Å²) in [6.07, 6.45) is 0.554. The van der Waals surface area contributed by atoms with Crippen LogP contribution in [0.2, 0.25) is 0 Å². The maximum Gasteiger partial charge on any atom is 0.325 e. The van der Waals surface area contributed by atoms with Crippen molar-refractivity contribution < 1.29 is 19.1 Å². The van der Waals surface area contributed by atoms with E-state index in [4.69, 9.17) is 4.74 Å². The molecule has 0 aliphatic carbocycles. The summed E-state index contributed by atoms with van der Waals surface area (Å²) in [6.45, 7) is -0.410. The molecule has 1 unspecified atom stereocenters. The number of carbonyl (C=O) groups excluding carboxylic acids is 3. The van der Waals surface area contributed by atoms with Crippen LogP contribution in [0.25, 0.3) is 0 Å². The van der Waals surface area contributed by atoms with E-state index < -0.39 is 17.8 Å². The Kier molecular flexibility index (Phi) is 4.82. The number of nitrogens with one attached hydrogen (secondary N) is 1. The molecule has 0 spiro atoms. The topological polar surface area (TPSA) is 91.3 Å². The lowest BCUT2D eigenvalue weighted by Gasteiger charge is -2.22. The van der Waals surface area contributed by atoms with Gasteiger partial charge in [-0.05, 0) is 41.3 Å². The highest BCUT2D eigenvalue weighted by Crippen LogP contribution is 2.35. The van der Waals surface area contributed by atoms with Crippen LogP contribution in [0.4, 0.5) is 4.79 Å². The van der Waals surface area contributed by atoms with Crippen LogP contribution in [0.1, 0.15) is 22.9 Å². The lowest BCUT2D eigenvalue weighted by molar-refractivity contribution is -0.137. The van der Waals surface area contributed by atoms with Gasteiger partial charge in [0.15, 0.2) is 0 Å². The monoisotopic (exact) mass is 398 g/mol. The van der Waals surface area contributed by atoms with Gasteiger partial charge in [-0.2, -0.15) is 5.10 Å². The third kappa shape index (κ3) is 3.36. The van der Waals surface area contributed by atoms with Crippen LogP contribution in [0, 0.1) is 0 Å². The van der Waals surface area contributed by atoms with Gasteiger partial charge in [0.2, 0.25) is 0 Å². The molecule has 1 saturated heterocycles. The van der Waals surface area contributed by atoms with Gasteiger partial charge in [0.05, 0.1) is 25.4 Å². The van der Waals surface area contributed by atoms with E-state index >= 15 is 0 Å². The SMILES string of the molecule is COc1ccc(C2=NN(C(=O)CN3C(=O)CNC3=O)C(c3cccs3)C2)cc1. The first-order valence-electron chi connectivity index (χ1n) is 8.72. The lowest BCUT2D eigenvalue weighted by atomic mass is 10.0. The number of nitrogens with zero attached hydrogens (tertiary/aromatic N) is 3. The number of ether oxygens (including phenoxy) is 1. The predicted molar refractivity (Wildman–Crippen MR) is 103 cm³/mol. The van der Waals surface area contributed by atoms with Gasteiger partial charge in [0.1, 0.15) is 12.3 Å². The lowest BCUT2D eigenvalue weighted by Crippen LogP contribution is -2.41. The van der Waals surface area contributed by atoms with Crippen LogP contribution >= 0.6 is 11.3 Å². The smallest absolute Gasteiger partial charge is 0.325 e. The van der Waals surface area contributed by atoms with Crippen LogP contribution < -0.4 is 10.1 Å². The Morgan fingerprint density at radius 1 is 1.29 bits per heavy atom. The Morgan fingerprint density at radius 2 is 2.07 bits per heavy atom. The number of methoxy groups -OCH3 is 1. The molecule has 1 aromatic carbocycles. The molecular weight excluding hydrogens is 380 g/mol. The van der Waals surface area contributed by atoms with Gasteiger partial charge >= 0.3 is 6.03 Å². The zero-order valence-electron chi connectivity index (χ0n) is 15.1. The second-order valence-corrected chi connectivity index (χ2v) is 7.37. The molecule has 1 aromatic heterocycles. The number of urea groups is 1. The molecule has 3 heterocycles. The molecule has 8 nitrogen and oxygen atoms in total. The largest absolute Gasteiger partial charge is 0.497 e. The van der Waals surface area contributed by atoms with Gasteiger partial charge < -0.3 is 10.1 Å². The van der Waals surface area contributed by atoms with E-state index in [1.807, 2.05) is 41.8 Å². The molecule has 144 valence electrons. The Morgan fingerprint density at radius 3 is 2.68 bits per heavy atom. The highest BCUT2D eigenvalue weighted by atomic mass is 32.1. The second kappa shape index (κ2) is 7.43. The summed E-state index contributed by atoms with van der Waals surface area (Å²) < 4.78 is 5.19. The summed E-state index contributed by atoms with van der Waals surface area (Å²) in [7, 11) is 1.60. The minimum atomic E-state index is -0.551. The van der Waals surface area contributed by atoms with E-state index in [0.717, 1.165) is 26.8 Å². The molecule has 2 aliphatic rings. The van der Waals surface area contributed by atoms with Crippen molar-refractivity contribution in [1.29, 1.82) is 0 Å². The van der Waals surface area contributed by atoms with Crippen LogP contribution in [0.15, 0.2) is 46.9 Å². The van der Waals surface area contributed by atoms with Gasteiger partial charge in [-0.1, -0.05) is 6.07 Å². The van der Waals surface area contributed by atoms with E-state index in [2.05, 4.69) is 10.4 Å². The fourth-order valence-corrected chi connectivity index (χ4v) is 4.04. The second-order valence-electron chi connectivity index (χ2n) is 6.39. The third-order valence-electron chi connectivity index (χ3n) is 4.69. The molecule has 9 heteroatoms. The van der Waals surface area contributed by atoms with Crippen molar-refractivity contribution in [2.24, 2.45) is 5.10 Å². The molecule has 0 radical (unpaired) electrons. The molecule has 4 rings (SSSR count). The molecule has 28 heavy (non-hydrogen) atoms. The van der Waals surface area contributed by atoms with Crippen molar-refractivity contribution in [3.8, 4) is 5.75 Å². The van der Waals surface area contributed by atoms with Crippen LogP contribution in [-0.4, -0.2) is 53.7 Å². The fraction of sp³-hybridized carbons (Fsp3) is 0.263. The Labute approximate surface area is 165 Å². The minimum absolute atomic E-state index is 0.0825. The minimum Gasteiger partial charge on any atom is -0.497 e. The normalized spacial score (nSPS) is 19.0. The van der Waals surface area contributed by atoms with Crippen molar-refractivity contribution in [3.05, 3.63) is 52.2 Å². The first-order valence-corrected chi connectivity index (χ1v) is 9.60. The predicted octanol–water partition coefficient (Wildman–Crippen LogP) is 1.99. The number of imide groups is 1. The van der Waals surface area contributed by atoms with E-state index in [0.29, 0.717) is 6.42 Å². The number of carbonyl (C=O) groups is 3. The molecule has 4 amide bonds. The summed E-state index contributed by atoms with van der Waals surface area (Å²) in [5, 5.41) is 10.3. The van der Waals surface area contributed by atoms with Crippen molar-refractivity contribution in [1.82, 2.24) is 15.2 Å². The average molecular weight is 398 g/mol. The molecule has 1 N–H and O–H groups in total. The third-order valence-corrected chi connectivity index (χ3v) is 5.66. The summed E-state index contributed by atoms with van der Waals surface area (Å²) in [5.41, 5.74) is 1.67. The molecule has 0 bridgehead atoms. The van der Waals surface area contributed by atoms with Gasteiger partial charge in [0, 0.05) is 11.3 Å². The summed E-state index contributed by atoms with van der Waals surface area (Å²) in [4.78, 5) is 38.4. The molecule has 0 saturated carbocycles. The van der Waals surface area contributed by atoms with E-state index in [1.54, 1.807) is 18.4 Å². The standard InChI is InChI=1S/C19H18N4O4S/c1-27-13-6-4-12(5-7-13)14-9-15(16-3-2-8-28-16)23(21-14)18(25)11-22-17(24)10-20-19(22)26/h2-8,15H,9-11H2,1H3,(H,20,26). The van der Waals surface area contributed by atoms with Gasteiger partial charge in [-0.3, -0.25) is 14.5 Å². The Hall–Kier alpha value is -3.20. The van der Waals surface area contributed by atoms with E-state index in [-0.39, 0.29) is 19.1 Å². The van der Waals surface area contributed by atoms with Crippen LogP contribution in [0.3, 0.4) is 0 Å². The quantitative estimate of drug-likeness (QED) is 0.780. The maximum absolute atomic E-state index is 12.9. The van der Waals surface area contributed by atoms with Crippen LogP contribution in [0.5, 0.6) is 5.75 Å². The average Bonchev–Trinajstić information content (AvgIpc) is 3.44. The number of benzene rings is 1. The molecule has 2 aromatic rings. The summed E-state index contributed by atoms with van der Waals surface area (Å²) in [6, 6.07) is 10.5. The van der Waals surface area contributed by atoms with Gasteiger partial charge in [-0.15, -0.1) is 11.3 Å². The van der Waals surface area contributed by atoms with Crippen molar-refractivity contribution >= 4 is 34.9 Å². The van der Waals surface area contributed by atoms with Crippen molar-refractivity contribution in [3.63, 3.8) is 0 Å². The Balaban J connectivity index is 1.60. The number of thiophene rings is 1. The zero-order valence-corrected chi connectivity index (χ0v) is 15.9. The molecular formula is C19H18N4O4S. The highest BCUT2D eigenvalue weighted by molar-refractivity contribution is 7.10. The van der Waals surface area contributed by atoms with Gasteiger partial charge in [0.25, 0.3) is 11.8 Å². The Bertz CT molecular complexity index is 923. The number of hydrogen-bond donors (Lipinski definition) is 1. The maximum atomic E-state index is 12.9. The first kappa shape index (κ1) is 18.2. The molecule has 1 atom stereocenters. The highest BCUT2D eigenvalue weighted by Gasteiger charge is 2.37. The van der Waals surface area contributed by atoms with Crippen molar-refractivity contribution in [2.75, 3.05) is 20.2 Å². The zero-order chi connectivity index (χ0) is 19.7. The fourth-order valence-electron chi connectivity index (χ4n) is 3.22. The van der Waals surface area contributed by atoms with Crippen LogP contribution in [-0.2, 0) is 9.59 Å². The van der Waals surface area contributed by atoms with Gasteiger partial charge in [-0.25, -0.2) is 9.80 Å². The van der Waals surface area contributed by atoms with E-state index in [1.165, 1.54) is 5.01 Å².